The Morgan fingerprint density at radius 3 is 2.69 bits per heavy atom. The number of H-pyrrole nitrogens is 1. The lowest BCUT2D eigenvalue weighted by molar-refractivity contribution is 0.0744. The van der Waals surface area contributed by atoms with Gasteiger partial charge in [0.25, 0.3) is 11.5 Å². The van der Waals surface area contributed by atoms with Crippen LogP contribution in [0.1, 0.15) is 16.1 Å². The molecule has 0 aliphatic carbocycles. The first kappa shape index (κ1) is 18.9. The zero-order valence-corrected chi connectivity index (χ0v) is 16.6. The summed E-state index contributed by atoms with van der Waals surface area (Å²) in [5.41, 5.74) is 3.72. The van der Waals surface area contributed by atoms with Crippen LogP contribution in [-0.4, -0.2) is 52.5 Å². The molecule has 2 aromatic carbocycles. The molecule has 1 amide bonds. The number of carbonyl (C=O) groups excluding carboxylic acids is 1. The highest BCUT2D eigenvalue weighted by molar-refractivity contribution is 5.98. The van der Waals surface area contributed by atoms with E-state index in [0.717, 1.165) is 11.1 Å². The van der Waals surface area contributed by atoms with Gasteiger partial charge < -0.3 is 14.6 Å². The molecule has 0 aliphatic rings. The van der Waals surface area contributed by atoms with Crippen LogP contribution in [-0.2, 0) is 4.74 Å². The minimum Gasteiger partial charge on any atom is -0.383 e. The average Bonchev–Trinajstić information content (AvgIpc) is 3.10. The maximum atomic E-state index is 12.8. The summed E-state index contributed by atoms with van der Waals surface area (Å²) in [6.07, 6.45) is 0. The third-order valence-electron chi connectivity index (χ3n) is 5.01. The van der Waals surface area contributed by atoms with E-state index < -0.39 is 0 Å². The van der Waals surface area contributed by atoms with Crippen LogP contribution >= 0.6 is 0 Å². The second kappa shape index (κ2) is 7.52. The van der Waals surface area contributed by atoms with Crippen molar-refractivity contribution < 1.29 is 9.53 Å². The fourth-order valence-electron chi connectivity index (χ4n) is 3.50. The normalized spacial score (nSPS) is 11.3. The summed E-state index contributed by atoms with van der Waals surface area (Å²) in [7, 11) is 3.35. The molecule has 4 rings (SSSR count). The monoisotopic (exact) mass is 390 g/mol. The van der Waals surface area contributed by atoms with Gasteiger partial charge in [-0.3, -0.25) is 14.0 Å². The van der Waals surface area contributed by atoms with Gasteiger partial charge in [-0.1, -0.05) is 30.3 Å². The number of ether oxygens (including phenoxy) is 1. The number of nitrogens with zero attached hydrogens (tertiary/aromatic N) is 3. The molecule has 0 saturated carbocycles. The molecule has 7 nitrogen and oxygen atoms in total. The van der Waals surface area contributed by atoms with Crippen LogP contribution in [0.5, 0.6) is 0 Å². The number of rotatable bonds is 5. The van der Waals surface area contributed by atoms with E-state index >= 15 is 0 Å². The second-order valence-electron chi connectivity index (χ2n) is 6.98. The van der Waals surface area contributed by atoms with Gasteiger partial charge in [0.05, 0.1) is 23.3 Å². The number of aromatic nitrogens is 3. The fourth-order valence-corrected chi connectivity index (χ4v) is 3.50. The van der Waals surface area contributed by atoms with Gasteiger partial charge in [0.2, 0.25) is 0 Å². The number of imidazole rings is 1. The van der Waals surface area contributed by atoms with Crippen molar-refractivity contribution >= 4 is 22.5 Å². The number of aryl methyl sites for hydroxylation is 1. The molecule has 1 N–H and O–H groups in total. The van der Waals surface area contributed by atoms with Crippen LogP contribution in [0.2, 0.25) is 0 Å². The van der Waals surface area contributed by atoms with Crippen molar-refractivity contribution in [1.82, 2.24) is 19.3 Å². The van der Waals surface area contributed by atoms with Gasteiger partial charge in [-0.25, -0.2) is 4.98 Å². The van der Waals surface area contributed by atoms with E-state index in [9.17, 15) is 9.59 Å². The molecule has 7 heteroatoms. The third-order valence-corrected chi connectivity index (χ3v) is 5.01. The van der Waals surface area contributed by atoms with Crippen LogP contribution in [0, 0.1) is 6.92 Å². The van der Waals surface area contributed by atoms with E-state index in [1.807, 2.05) is 41.7 Å². The zero-order chi connectivity index (χ0) is 20.5. The van der Waals surface area contributed by atoms with Gasteiger partial charge in [-0.15, -0.1) is 0 Å². The first-order chi connectivity index (χ1) is 14.0. The van der Waals surface area contributed by atoms with Crippen molar-refractivity contribution in [2.45, 2.75) is 6.92 Å². The Morgan fingerprint density at radius 2 is 1.97 bits per heavy atom. The molecule has 0 atom stereocenters. The molecule has 0 unspecified atom stereocenters. The zero-order valence-electron chi connectivity index (χ0n) is 16.6. The maximum Gasteiger partial charge on any atom is 0.274 e. The van der Waals surface area contributed by atoms with E-state index in [-0.39, 0.29) is 11.5 Å². The summed E-state index contributed by atoms with van der Waals surface area (Å²) in [4.78, 5) is 34.7. The number of amides is 1. The predicted octanol–water partition coefficient (Wildman–Crippen LogP) is 2.87. The Kier molecular flexibility index (Phi) is 4.90. The molecule has 2 aromatic heterocycles. The van der Waals surface area contributed by atoms with Crippen molar-refractivity contribution in [3.05, 3.63) is 70.1 Å². The molecule has 148 valence electrons. The molecule has 29 heavy (non-hydrogen) atoms. The smallest absolute Gasteiger partial charge is 0.274 e. The lowest BCUT2D eigenvalue weighted by Gasteiger charge is -2.17. The van der Waals surface area contributed by atoms with Crippen molar-refractivity contribution in [2.24, 2.45) is 0 Å². The number of methoxy groups -OCH3 is 1. The number of aromatic amines is 1. The molecule has 2 heterocycles. The van der Waals surface area contributed by atoms with Crippen LogP contribution in [0.25, 0.3) is 27.9 Å². The minimum absolute atomic E-state index is 0.110. The Morgan fingerprint density at radius 1 is 1.21 bits per heavy atom. The SMILES string of the molecule is COCCN(C)C(=O)c1ccc2[nH]c(=O)c3c(C)nc(-c4ccccc4)n3c2c1. The molecular weight excluding hydrogens is 368 g/mol. The minimum atomic E-state index is -0.207. The van der Waals surface area contributed by atoms with Crippen LogP contribution in [0.3, 0.4) is 0 Å². The molecule has 0 saturated heterocycles. The van der Waals surface area contributed by atoms with Crippen LogP contribution in [0.4, 0.5) is 0 Å². The number of fused-ring (bicyclic) bond motifs is 3. The van der Waals surface area contributed by atoms with E-state index in [1.165, 1.54) is 0 Å². The van der Waals surface area contributed by atoms with Gasteiger partial charge in [0.1, 0.15) is 11.3 Å². The lowest BCUT2D eigenvalue weighted by Crippen LogP contribution is -2.30. The number of hydrogen-bond acceptors (Lipinski definition) is 4. The molecule has 0 aliphatic heterocycles. The Bertz CT molecular complexity index is 1260. The molecule has 4 aromatic rings. The predicted molar refractivity (Wildman–Crippen MR) is 112 cm³/mol. The number of likely N-dealkylation sites (N-methyl/N-ethyl adjacent to an activating group) is 1. The van der Waals surface area contributed by atoms with Crippen LogP contribution < -0.4 is 5.56 Å². The maximum absolute atomic E-state index is 12.8. The number of hydrogen-bond donors (Lipinski definition) is 1. The first-order valence-corrected chi connectivity index (χ1v) is 9.36. The molecular formula is C22H22N4O3. The van der Waals surface area contributed by atoms with E-state index in [4.69, 9.17) is 4.74 Å². The molecule has 0 spiro atoms. The summed E-state index contributed by atoms with van der Waals surface area (Å²) < 4.78 is 6.90. The summed E-state index contributed by atoms with van der Waals surface area (Å²) >= 11 is 0. The van der Waals surface area contributed by atoms with Crippen molar-refractivity contribution in [3.8, 4) is 11.4 Å². The largest absolute Gasteiger partial charge is 0.383 e. The highest BCUT2D eigenvalue weighted by atomic mass is 16.5. The topological polar surface area (TPSA) is 79.7 Å². The van der Waals surface area contributed by atoms with E-state index in [1.54, 1.807) is 37.3 Å². The number of benzene rings is 2. The Hall–Kier alpha value is -3.45. The summed E-state index contributed by atoms with van der Waals surface area (Å²) in [5, 5.41) is 0. The summed E-state index contributed by atoms with van der Waals surface area (Å²) in [6.45, 7) is 2.77. The average molecular weight is 390 g/mol. The molecule has 0 fully saturated rings. The van der Waals surface area contributed by atoms with Crippen molar-refractivity contribution in [1.29, 1.82) is 0 Å². The number of carbonyl (C=O) groups is 1. The first-order valence-electron chi connectivity index (χ1n) is 9.36. The van der Waals surface area contributed by atoms with Crippen molar-refractivity contribution in [2.75, 3.05) is 27.3 Å². The van der Waals surface area contributed by atoms with Crippen LogP contribution in [0.15, 0.2) is 53.3 Å². The van der Waals surface area contributed by atoms with Gasteiger partial charge >= 0.3 is 0 Å². The van der Waals surface area contributed by atoms with Crippen molar-refractivity contribution in [3.63, 3.8) is 0 Å². The third kappa shape index (κ3) is 3.30. The second-order valence-corrected chi connectivity index (χ2v) is 6.98. The van der Waals surface area contributed by atoms with Gasteiger partial charge in [0, 0.05) is 31.8 Å². The Labute approximate surface area is 167 Å². The van der Waals surface area contributed by atoms with Gasteiger partial charge in [0.15, 0.2) is 0 Å². The lowest BCUT2D eigenvalue weighted by atomic mass is 10.1. The molecule has 0 bridgehead atoms. The van der Waals surface area contributed by atoms with Gasteiger partial charge in [-0.05, 0) is 25.1 Å². The van der Waals surface area contributed by atoms with E-state index in [0.29, 0.717) is 41.3 Å². The summed E-state index contributed by atoms with van der Waals surface area (Å²) in [5.74, 6) is 0.563. The molecule has 0 radical (unpaired) electrons. The van der Waals surface area contributed by atoms with E-state index in [2.05, 4.69) is 9.97 Å². The highest BCUT2D eigenvalue weighted by Crippen LogP contribution is 2.25. The number of nitrogens with one attached hydrogen (secondary N) is 1. The summed E-state index contributed by atoms with van der Waals surface area (Å²) in [6, 6.07) is 15.0. The standard InChI is InChI=1S/C22H22N4O3/c1-14-19-21(27)24-17-10-9-16(22(28)25(2)11-12-29-3)13-18(17)26(19)20(23-14)15-7-5-4-6-8-15/h4-10,13H,11-12H2,1-3H3,(H,24,27). The fraction of sp³-hybridized carbons (Fsp3) is 0.227. The quantitative estimate of drug-likeness (QED) is 0.568. The van der Waals surface area contributed by atoms with Gasteiger partial charge in [-0.2, -0.15) is 0 Å². The Balaban J connectivity index is 1.96. The highest BCUT2D eigenvalue weighted by Gasteiger charge is 2.18.